The molecule has 0 radical (unpaired) electrons. The molecule has 0 saturated carbocycles. The Morgan fingerprint density at radius 1 is 1.40 bits per heavy atom. The molecule has 1 aliphatic rings. The normalized spacial score (nSPS) is 26.8. The molecule has 0 bridgehead atoms. The summed E-state index contributed by atoms with van der Waals surface area (Å²) >= 11 is 0. The van der Waals surface area contributed by atoms with Crippen LogP contribution in [0, 0.1) is 11.8 Å². The highest BCUT2D eigenvalue weighted by Crippen LogP contribution is 2.21. The molecule has 1 aliphatic heterocycles. The van der Waals surface area contributed by atoms with Gasteiger partial charge in [-0.1, -0.05) is 33.6 Å². The maximum atomic E-state index is 6.19. The van der Waals surface area contributed by atoms with E-state index in [9.17, 15) is 0 Å². The smallest absolute Gasteiger partial charge is 0.0193 e. The van der Waals surface area contributed by atoms with Gasteiger partial charge in [0.1, 0.15) is 0 Å². The molecule has 0 aliphatic carbocycles. The summed E-state index contributed by atoms with van der Waals surface area (Å²) in [5.41, 5.74) is 6.19. The highest BCUT2D eigenvalue weighted by molar-refractivity contribution is 4.80. The van der Waals surface area contributed by atoms with Gasteiger partial charge in [-0.15, -0.1) is 0 Å². The Kier molecular flexibility index (Phi) is 5.62. The molecule has 0 aromatic carbocycles. The van der Waals surface area contributed by atoms with E-state index in [-0.39, 0.29) is 0 Å². The molecule has 0 amide bonds. The molecule has 0 aromatic rings. The predicted molar refractivity (Wildman–Crippen MR) is 66.9 cm³/mol. The van der Waals surface area contributed by atoms with Crippen LogP contribution in [0.15, 0.2) is 0 Å². The van der Waals surface area contributed by atoms with Crippen LogP contribution in [0.25, 0.3) is 0 Å². The minimum absolute atomic E-state index is 0.371. The van der Waals surface area contributed by atoms with E-state index in [2.05, 4.69) is 25.7 Å². The van der Waals surface area contributed by atoms with Crippen LogP contribution < -0.4 is 5.73 Å². The number of likely N-dealkylation sites (tertiary alicyclic amines) is 1. The first-order valence-electron chi connectivity index (χ1n) is 6.65. The first kappa shape index (κ1) is 13.0. The van der Waals surface area contributed by atoms with Crippen molar-refractivity contribution in [2.75, 3.05) is 19.6 Å². The van der Waals surface area contributed by atoms with Crippen LogP contribution in [0.3, 0.4) is 0 Å². The van der Waals surface area contributed by atoms with Crippen LogP contribution in [0.1, 0.15) is 46.5 Å². The fourth-order valence-electron chi connectivity index (χ4n) is 2.50. The topological polar surface area (TPSA) is 29.3 Å². The minimum Gasteiger partial charge on any atom is -0.326 e. The lowest BCUT2D eigenvalue weighted by atomic mass is 9.99. The lowest BCUT2D eigenvalue weighted by Crippen LogP contribution is -2.40. The Balaban J connectivity index is 2.23. The van der Waals surface area contributed by atoms with Crippen molar-refractivity contribution in [3.8, 4) is 0 Å². The summed E-state index contributed by atoms with van der Waals surface area (Å²) in [6, 6.07) is 0.371. The van der Waals surface area contributed by atoms with Gasteiger partial charge in [-0.05, 0) is 31.2 Å². The van der Waals surface area contributed by atoms with Gasteiger partial charge in [0.05, 0.1) is 0 Å². The number of hydrogen-bond donors (Lipinski definition) is 1. The Morgan fingerprint density at radius 3 is 2.73 bits per heavy atom. The molecule has 0 spiro atoms. The second-order valence-corrected chi connectivity index (χ2v) is 5.25. The third kappa shape index (κ3) is 4.12. The van der Waals surface area contributed by atoms with Crippen LogP contribution in [-0.4, -0.2) is 30.6 Å². The molecule has 1 fully saturated rings. The predicted octanol–water partition coefficient (Wildman–Crippen LogP) is 2.48. The monoisotopic (exact) mass is 212 g/mol. The summed E-state index contributed by atoms with van der Waals surface area (Å²) < 4.78 is 0. The number of nitrogens with two attached hydrogens (primary N) is 1. The second-order valence-electron chi connectivity index (χ2n) is 5.25. The maximum absolute atomic E-state index is 6.19. The minimum atomic E-state index is 0.371. The van der Waals surface area contributed by atoms with Crippen LogP contribution in [0.5, 0.6) is 0 Å². The largest absolute Gasteiger partial charge is 0.326 e. The van der Waals surface area contributed by atoms with Gasteiger partial charge in [0.2, 0.25) is 0 Å². The van der Waals surface area contributed by atoms with Gasteiger partial charge >= 0.3 is 0 Å². The number of nitrogens with zero attached hydrogens (tertiary/aromatic N) is 1. The Bertz CT molecular complexity index is 170. The van der Waals surface area contributed by atoms with Crippen LogP contribution in [0.4, 0.5) is 0 Å². The molecule has 1 heterocycles. The van der Waals surface area contributed by atoms with E-state index in [1.54, 1.807) is 0 Å². The first-order valence-corrected chi connectivity index (χ1v) is 6.65. The lowest BCUT2D eigenvalue weighted by Gasteiger charge is -2.24. The summed E-state index contributed by atoms with van der Waals surface area (Å²) in [5.74, 6) is 1.61. The van der Waals surface area contributed by atoms with E-state index in [0.29, 0.717) is 12.0 Å². The molecular formula is C13H28N2. The van der Waals surface area contributed by atoms with Gasteiger partial charge in [0.25, 0.3) is 0 Å². The summed E-state index contributed by atoms with van der Waals surface area (Å²) in [5, 5.41) is 0. The summed E-state index contributed by atoms with van der Waals surface area (Å²) in [4.78, 5) is 2.57. The quantitative estimate of drug-likeness (QED) is 0.733. The fraction of sp³-hybridized carbons (Fsp3) is 1.00. The van der Waals surface area contributed by atoms with Crippen molar-refractivity contribution in [2.24, 2.45) is 17.6 Å². The SMILES string of the molecule is CCCC1CCN(CC(N)C(C)CC)C1. The van der Waals surface area contributed by atoms with E-state index in [4.69, 9.17) is 5.73 Å². The Hall–Kier alpha value is -0.0800. The van der Waals surface area contributed by atoms with Crippen molar-refractivity contribution < 1.29 is 0 Å². The first-order chi connectivity index (χ1) is 7.17. The van der Waals surface area contributed by atoms with Crippen molar-refractivity contribution >= 4 is 0 Å². The highest BCUT2D eigenvalue weighted by atomic mass is 15.2. The molecule has 15 heavy (non-hydrogen) atoms. The molecule has 0 aromatic heterocycles. The molecule has 2 N–H and O–H groups in total. The standard InChI is InChI=1S/C13H28N2/c1-4-6-12-7-8-15(9-12)10-13(14)11(3)5-2/h11-13H,4-10,14H2,1-3H3. The molecule has 1 rings (SSSR count). The third-order valence-electron chi connectivity index (χ3n) is 3.91. The van der Waals surface area contributed by atoms with Crippen molar-refractivity contribution in [3.05, 3.63) is 0 Å². The molecule has 2 nitrogen and oxygen atoms in total. The molecular weight excluding hydrogens is 184 g/mol. The Labute approximate surface area is 95.2 Å². The van der Waals surface area contributed by atoms with Gasteiger partial charge in [-0.25, -0.2) is 0 Å². The molecule has 2 heteroatoms. The second kappa shape index (κ2) is 6.49. The summed E-state index contributed by atoms with van der Waals surface area (Å²) in [6.45, 7) is 10.5. The third-order valence-corrected chi connectivity index (χ3v) is 3.91. The zero-order valence-corrected chi connectivity index (χ0v) is 10.7. The number of rotatable bonds is 6. The molecule has 90 valence electrons. The van der Waals surface area contributed by atoms with Crippen molar-refractivity contribution in [2.45, 2.75) is 52.5 Å². The zero-order valence-electron chi connectivity index (χ0n) is 10.7. The van der Waals surface area contributed by atoms with Gasteiger partial charge in [0, 0.05) is 19.1 Å². The molecule has 3 unspecified atom stereocenters. The van der Waals surface area contributed by atoms with Gasteiger partial charge in [-0.2, -0.15) is 0 Å². The van der Waals surface area contributed by atoms with Gasteiger partial charge < -0.3 is 10.6 Å². The van der Waals surface area contributed by atoms with E-state index in [1.807, 2.05) is 0 Å². The van der Waals surface area contributed by atoms with Gasteiger partial charge in [0.15, 0.2) is 0 Å². The van der Waals surface area contributed by atoms with E-state index in [0.717, 1.165) is 12.5 Å². The van der Waals surface area contributed by atoms with E-state index < -0.39 is 0 Å². The summed E-state index contributed by atoms with van der Waals surface area (Å²) in [7, 11) is 0. The van der Waals surface area contributed by atoms with Crippen LogP contribution in [-0.2, 0) is 0 Å². The van der Waals surface area contributed by atoms with Crippen LogP contribution >= 0.6 is 0 Å². The van der Waals surface area contributed by atoms with Crippen molar-refractivity contribution in [1.82, 2.24) is 4.90 Å². The zero-order chi connectivity index (χ0) is 11.3. The van der Waals surface area contributed by atoms with Crippen LogP contribution in [0.2, 0.25) is 0 Å². The molecule has 3 atom stereocenters. The van der Waals surface area contributed by atoms with Gasteiger partial charge in [-0.3, -0.25) is 0 Å². The maximum Gasteiger partial charge on any atom is 0.0193 e. The average Bonchev–Trinajstić information content (AvgIpc) is 2.65. The molecule has 1 saturated heterocycles. The average molecular weight is 212 g/mol. The summed E-state index contributed by atoms with van der Waals surface area (Å²) in [6.07, 6.45) is 5.32. The van der Waals surface area contributed by atoms with E-state index in [1.165, 1.54) is 38.8 Å². The Morgan fingerprint density at radius 2 is 2.13 bits per heavy atom. The van der Waals surface area contributed by atoms with Crippen molar-refractivity contribution in [1.29, 1.82) is 0 Å². The number of hydrogen-bond acceptors (Lipinski definition) is 2. The fourth-order valence-corrected chi connectivity index (χ4v) is 2.50. The highest BCUT2D eigenvalue weighted by Gasteiger charge is 2.24. The van der Waals surface area contributed by atoms with Crippen molar-refractivity contribution in [3.63, 3.8) is 0 Å². The van der Waals surface area contributed by atoms with E-state index >= 15 is 0 Å². The lowest BCUT2D eigenvalue weighted by molar-refractivity contribution is 0.265.